The molecule has 3 aromatic rings. The molecule has 0 atom stereocenters. The number of hydrogen-bond donors (Lipinski definition) is 1. The van der Waals surface area contributed by atoms with Crippen LogP contribution in [0, 0.1) is 6.92 Å². The van der Waals surface area contributed by atoms with Gasteiger partial charge in [-0.15, -0.1) is 0 Å². The highest BCUT2D eigenvalue weighted by atomic mass is 16.5. The monoisotopic (exact) mass is 418 g/mol. The van der Waals surface area contributed by atoms with E-state index in [2.05, 4.69) is 4.98 Å². The van der Waals surface area contributed by atoms with Gasteiger partial charge >= 0.3 is 0 Å². The van der Waals surface area contributed by atoms with Gasteiger partial charge < -0.3 is 14.6 Å². The minimum atomic E-state index is -0.144. The normalized spacial score (nSPS) is 14.5. The van der Waals surface area contributed by atoms with Gasteiger partial charge in [0.05, 0.1) is 13.2 Å². The highest BCUT2D eigenvalue weighted by Gasteiger charge is 2.27. The maximum Gasteiger partial charge on any atom is 0.254 e. The van der Waals surface area contributed by atoms with Crippen LogP contribution in [0.2, 0.25) is 0 Å². The van der Waals surface area contributed by atoms with Gasteiger partial charge in [-0.2, -0.15) is 0 Å². The summed E-state index contributed by atoms with van der Waals surface area (Å²) >= 11 is 0. The van der Waals surface area contributed by atoms with Crippen LogP contribution in [0.5, 0.6) is 5.75 Å². The summed E-state index contributed by atoms with van der Waals surface area (Å²) in [6.07, 6.45) is 5.41. The number of nitrogens with zero attached hydrogens (tertiary/aromatic N) is 1. The molecular weight excluding hydrogens is 388 g/mol. The minimum absolute atomic E-state index is 0.00513. The Morgan fingerprint density at radius 3 is 2.52 bits per heavy atom. The average molecular weight is 419 g/mol. The Morgan fingerprint density at radius 1 is 1.06 bits per heavy atom. The van der Waals surface area contributed by atoms with Crippen molar-refractivity contribution in [3.05, 3.63) is 75.6 Å². The van der Waals surface area contributed by atoms with Gasteiger partial charge in [-0.3, -0.25) is 9.59 Å². The zero-order valence-corrected chi connectivity index (χ0v) is 18.3. The van der Waals surface area contributed by atoms with Crippen molar-refractivity contribution in [3.8, 4) is 5.75 Å². The Bertz CT molecular complexity index is 1110. The first kappa shape index (κ1) is 21.2. The van der Waals surface area contributed by atoms with Crippen molar-refractivity contribution in [2.24, 2.45) is 0 Å². The lowest BCUT2D eigenvalue weighted by Gasteiger charge is -2.34. The highest BCUT2D eigenvalue weighted by molar-refractivity contribution is 5.94. The standard InChI is InChI=1S/C26H30N2O3/c1-3-31-23-13-14-24-20(16-23)15-21(25(29)27-24)17-28(22-7-5-4-6-8-22)26(30)19-11-9-18(2)10-12-19/h9-16,22H,3-8,17H2,1-2H3,(H,27,29). The number of aromatic amines is 1. The van der Waals surface area contributed by atoms with E-state index >= 15 is 0 Å². The van der Waals surface area contributed by atoms with E-state index < -0.39 is 0 Å². The highest BCUT2D eigenvalue weighted by Crippen LogP contribution is 2.26. The Balaban J connectivity index is 1.69. The lowest BCUT2D eigenvalue weighted by atomic mass is 9.93. The molecule has 5 heteroatoms. The number of pyridine rings is 1. The smallest absolute Gasteiger partial charge is 0.254 e. The van der Waals surface area contributed by atoms with Gasteiger partial charge in [0.2, 0.25) is 0 Å². The van der Waals surface area contributed by atoms with Crippen LogP contribution in [0.4, 0.5) is 0 Å². The van der Waals surface area contributed by atoms with Crippen molar-refractivity contribution in [1.29, 1.82) is 0 Å². The van der Waals surface area contributed by atoms with Crippen LogP contribution in [0.25, 0.3) is 10.9 Å². The quantitative estimate of drug-likeness (QED) is 0.598. The van der Waals surface area contributed by atoms with Crippen molar-refractivity contribution in [2.45, 2.75) is 58.5 Å². The van der Waals surface area contributed by atoms with Crippen LogP contribution in [0.3, 0.4) is 0 Å². The molecule has 1 amide bonds. The molecule has 0 unspecified atom stereocenters. The largest absolute Gasteiger partial charge is 0.494 e. The van der Waals surface area contributed by atoms with Crippen molar-refractivity contribution >= 4 is 16.8 Å². The third-order valence-corrected chi connectivity index (χ3v) is 6.12. The molecule has 4 rings (SSSR count). The number of carbonyl (C=O) groups is 1. The van der Waals surface area contributed by atoms with Gasteiger partial charge in [0.25, 0.3) is 11.5 Å². The molecule has 5 nitrogen and oxygen atoms in total. The summed E-state index contributed by atoms with van der Waals surface area (Å²) in [6, 6.07) is 15.4. The fraction of sp³-hybridized carbons (Fsp3) is 0.385. The number of fused-ring (bicyclic) bond motifs is 1. The predicted molar refractivity (Wildman–Crippen MR) is 124 cm³/mol. The van der Waals surface area contributed by atoms with Gasteiger partial charge in [-0.25, -0.2) is 0 Å². The molecule has 0 spiro atoms. The summed E-state index contributed by atoms with van der Waals surface area (Å²) in [7, 11) is 0. The number of aromatic nitrogens is 1. The molecule has 1 saturated carbocycles. The SMILES string of the molecule is CCOc1ccc2[nH]c(=O)c(CN(C(=O)c3ccc(C)cc3)C3CCCCC3)cc2c1. The van der Waals surface area contributed by atoms with Gasteiger partial charge in [-0.05, 0) is 63.1 Å². The fourth-order valence-electron chi connectivity index (χ4n) is 4.41. The molecule has 1 aliphatic rings. The Hall–Kier alpha value is -3.08. The maximum absolute atomic E-state index is 13.5. The summed E-state index contributed by atoms with van der Waals surface area (Å²) in [5, 5.41) is 0.909. The first-order chi connectivity index (χ1) is 15.0. The second kappa shape index (κ2) is 9.38. The van der Waals surface area contributed by atoms with Crippen molar-refractivity contribution in [3.63, 3.8) is 0 Å². The number of amides is 1. The minimum Gasteiger partial charge on any atom is -0.494 e. The van der Waals surface area contributed by atoms with Gasteiger partial charge in [0.15, 0.2) is 0 Å². The molecular formula is C26H30N2O3. The number of rotatable bonds is 6. The number of aryl methyl sites for hydroxylation is 1. The number of carbonyl (C=O) groups excluding carboxylic acids is 1. The molecule has 0 bridgehead atoms. The molecule has 1 fully saturated rings. The van der Waals surface area contributed by atoms with Crippen molar-refractivity contribution in [1.82, 2.24) is 9.88 Å². The molecule has 1 aromatic heterocycles. The van der Waals surface area contributed by atoms with Gasteiger partial charge in [-0.1, -0.05) is 37.0 Å². The molecule has 1 N–H and O–H groups in total. The van der Waals surface area contributed by atoms with E-state index in [9.17, 15) is 9.59 Å². The average Bonchev–Trinajstić information content (AvgIpc) is 2.79. The van der Waals surface area contributed by atoms with Crippen molar-refractivity contribution < 1.29 is 9.53 Å². The Morgan fingerprint density at radius 2 is 1.81 bits per heavy atom. The summed E-state index contributed by atoms with van der Waals surface area (Å²) in [5.74, 6) is 0.766. The molecule has 2 aromatic carbocycles. The molecule has 0 aliphatic heterocycles. The number of ether oxygens (including phenoxy) is 1. The number of benzene rings is 2. The lowest BCUT2D eigenvalue weighted by Crippen LogP contribution is -2.42. The molecule has 1 aliphatic carbocycles. The molecule has 0 saturated heterocycles. The van der Waals surface area contributed by atoms with E-state index in [1.807, 2.05) is 67.3 Å². The second-order valence-electron chi connectivity index (χ2n) is 8.40. The van der Waals surface area contributed by atoms with Crippen molar-refractivity contribution in [2.75, 3.05) is 6.61 Å². The fourth-order valence-corrected chi connectivity index (χ4v) is 4.41. The number of hydrogen-bond acceptors (Lipinski definition) is 3. The molecule has 162 valence electrons. The third-order valence-electron chi connectivity index (χ3n) is 6.12. The Kier molecular flexibility index (Phi) is 6.40. The zero-order valence-electron chi connectivity index (χ0n) is 18.3. The summed E-state index contributed by atoms with van der Waals surface area (Å²) < 4.78 is 5.61. The van der Waals surface area contributed by atoms with Crippen LogP contribution in [0.15, 0.2) is 53.3 Å². The first-order valence-corrected chi connectivity index (χ1v) is 11.2. The molecule has 0 radical (unpaired) electrons. The van der Waals surface area contributed by atoms with E-state index in [0.29, 0.717) is 24.3 Å². The summed E-state index contributed by atoms with van der Waals surface area (Å²) in [5.41, 5.74) is 3.02. The summed E-state index contributed by atoms with van der Waals surface area (Å²) in [6.45, 7) is 4.85. The molecule has 31 heavy (non-hydrogen) atoms. The Labute approximate surface area is 183 Å². The lowest BCUT2D eigenvalue weighted by molar-refractivity contribution is 0.0613. The van der Waals surface area contributed by atoms with Crippen LogP contribution in [-0.4, -0.2) is 28.4 Å². The zero-order chi connectivity index (χ0) is 21.8. The topological polar surface area (TPSA) is 62.4 Å². The van der Waals surface area contributed by atoms with Crippen LogP contribution >= 0.6 is 0 Å². The third kappa shape index (κ3) is 4.82. The van der Waals surface area contributed by atoms with Gasteiger partial charge in [0.1, 0.15) is 5.75 Å². The van der Waals surface area contributed by atoms with Crippen LogP contribution in [-0.2, 0) is 6.54 Å². The van der Waals surface area contributed by atoms with Gasteiger partial charge in [0, 0.05) is 28.1 Å². The van der Waals surface area contributed by atoms with E-state index in [4.69, 9.17) is 4.74 Å². The number of H-pyrrole nitrogens is 1. The second-order valence-corrected chi connectivity index (χ2v) is 8.40. The van der Waals surface area contributed by atoms with E-state index in [1.54, 1.807) is 0 Å². The maximum atomic E-state index is 13.5. The van der Waals surface area contributed by atoms with E-state index in [1.165, 1.54) is 6.42 Å². The van der Waals surface area contributed by atoms with Crippen LogP contribution < -0.4 is 10.3 Å². The number of nitrogens with one attached hydrogen (secondary N) is 1. The predicted octanol–water partition coefficient (Wildman–Crippen LogP) is 5.21. The van der Waals surface area contributed by atoms with Crippen LogP contribution in [0.1, 0.15) is 60.5 Å². The first-order valence-electron chi connectivity index (χ1n) is 11.2. The van der Waals surface area contributed by atoms with E-state index in [-0.39, 0.29) is 17.5 Å². The molecule has 1 heterocycles. The van der Waals surface area contributed by atoms with E-state index in [0.717, 1.165) is 47.9 Å². The summed E-state index contributed by atoms with van der Waals surface area (Å²) in [4.78, 5) is 31.2.